The van der Waals surface area contributed by atoms with E-state index in [1.165, 1.54) is 12.1 Å². The van der Waals surface area contributed by atoms with Crippen molar-refractivity contribution in [1.29, 1.82) is 0 Å². The molecule has 0 bridgehead atoms. The molecular formula is C14H20ClFN2O. The molecule has 0 atom stereocenters. The van der Waals surface area contributed by atoms with E-state index in [9.17, 15) is 9.18 Å². The van der Waals surface area contributed by atoms with Crippen LogP contribution < -0.4 is 10.6 Å². The molecule has 1 aromatic rings. The normalized spacial score (nSPS) is 11.4. The van der Waals surface area contributed by atoms with Crippen LogP contribution in [0.1, 0.15) is 32.8 Å². The van der Waals surface area contributed by atoms with E-state index in [0.29, 0.717) is 24.5 Å². The van der Waals surface area contributed by atoms with Gasteiger partial charge >= 0.3 is 0 Å². The Labute approximate surface area is 118 Å². The number of amides is 1. The van der Waals surface area contributed by atoms with Gasteiger partial charge in [0.05, 0.1) is 0 Å². The number of hydrogen-bond donors (Lipinski definition) is 2. The summed E-state index contributed by atoms with van der Waals surface area (Å²) in [6.45, 7) is 6.84. The summed E-state index contributed by atoms with van der Waals surface area (Å²) < 4.78 is 13.1. The summed E-state index contributed by atoms with van der Waals surface area (Å²) in [6, 6.07) is 4.39. The number of nitrogens with one attached hydrogen (secondary N) is 2. The fourth-order valence-corrected chi connectivity index (χ4v) is 1.87. The van der Waals surface area contributed by atoms with Crippen molar-refractivity contribution in [2.45, 2.75) is 39.3 Å². The van der Waals surface area contributed by atoms with E-state index in [-0.39, 0.29) is 17.3 Å². The SMILES string of the molecule is CC(C)(C)NC(=O)CCNCc1cc(F)cc(Cl)c1. The summed E-state index contributed by atoms with van der Waals surface area (Å²) in [7, 11) is 0. The molecule has 19 heavy (non-hydrogen) atoms. The highest BCUT2D eigenvalue weighted by Crippen LogP contribution is 2.13. The molecule has 0 unspecified atom stereocenters. The summed E-state index contributed by atoms with van der Waals surface area (Å²) in [4.78, 5) is 11.5. The van der Waals surface area contributed by atoms with Gasteiger partial charge in [0.2, 0.25) is 5.91 Å². The van der Waals surface area contributed by atoms with Crippen molar-refractivity contribution in [3.63, 3.8) is 0 Å². The molecule has 0 fully saturated rings. The second-order valence-corrected chi connectivity index (χ2v) is 5.94. The maximum Gasteiger partial charge on any atom is 0.221 e. The van der Waals surface area contributed by atoms with Gasteiger partial charge in [-0.3, -0.25) is 4.79 Å². The van der Waals surface area contributed by atoms with Crippen molar-refractivity contribution >= 4 is 17.5 Å². The van der Waals surface area contributed by atoms with Gasteiger partial charge in [0, 0.05) is 30.1 Å². The Morgan fingerprint density at radius 2 is 2.00 bits per heavy atom. The highest BCUT2D eigenvalue weighted by molar-refractivity contribution is 6.30. The van der Waals surface area contributed by atoms with Crippen molar-refractivity contribution in [3.8, 4) is 0 Å². The number of halogens is 2. The van der Waals surface area contributed by atoms with Gasteiger partial charge in [-0.1, -0.05) is 11.6 Å². The quantitative estimate of drug-likeness (QED) is 0.817. The Balaban J connectivity index is 2.29. The molecule has 0 aliphatic rings. The van der Waals surface area contributed by atoms with E-state index in [2.05, 4.69) is 10.6 Å². The first-order valence-corrected chi connectivity index (χ1v) is 6.61. The van der Waals surface area contributed by atoms with E-state index < -0.39 is 0 Å². The zero-order chi connectivity index (χ0) is 14.5. The zero-order valence-corrected chi connectivity index (χ0v) is 12.3. The molecule has 3 nitrogen and oxygen atoms in total. The smallest absolute Gasteiger partial charge is 0.221 e. The Bertz CT molecular complexity index is 423. The molecular weight excluding hydrogens is 267 g/mol. The predicted molar refractivity (Wildman–Crippen MR) is 75.6 cm³/mol. The van der Waals surface area contributed by atoms with Crippen molar-refractivity contribution in [3.05, 3.63) is 34.6 Å². The topological polar surface area (TPSA) is 41.1 Å². The van der Waals surface area contributed by atoms with Gasteiger partial charge in [-0.2, -0.15) is 0 Å². The highest BCUT2D eigenvalue weighted by Gasteiger charge is 2.12. The minimum absolute atomic E-state index is 0.00252. The zero-order valence-electron chi connectivity index (χ0n) is 11.5. The summed E-state index contributed by atoms with van der Waals surface area (Å²) in [6.07, 6.45) is 0.389. The van der Waals surface area contributed by atoms with E-state index >= 15 is 0 Å². The van der Waals surface area contributed by atoms with E-state index in [0.717, 1.165) is 5.56 Å². The van der Waals surface area contributed by atoms with Gasteiger partial charge in [0.25, 0.3) is 0 Å². The molecule has 0 aromatic heterocycles. The average molecular weight is 287 g/mol. The molecule has 0 spiro atoms. The van der Waals surface area contributed by atoms with Crippen LogP contribution in [0.15, 0.2) is 18.2 Å². The van der Waals surface area contributed by atoms with Crippen molar-refractivity contribution in [2.75, 3.05) is 6.54 Å². The van der Waals surface area contributed by atoms with Crippen LogP contribution in [0.3, 0.4) is 0 Å². The summed E-state index contributed by atoms with van der Waals surface area (Å²) in [5, 5.41) is 6.34. The van der Waals surface area contributed by atoms with Crippen LogP contribution in [-0.2, 0) is 11.3 Å². The number of rotatable bonds is 5. The molecule has 2 N–H and O–H groups in total. The van der Waals surface area contributed by atoms with Crippen LogP contribution >= 0.6 is 11.6 Å². The lowest BCUT2D eigenvalue weighted by Gasteiger charge is -2.20. The fraction of sp³-hybridized carbons (Fsp3) is 0.500. The molecule has 0 heterocycles. The summed E-state index contributed by atoms with van der Waals surface area (Å²) >= 11 is 5.75. The van der Waals surface area contributed by atoms with Crippen molar-refractivity contribution in [2.24, 2.45) is 0 Å². The van der Waals surface area contributed by atoms with Gasteiger partial charge < -0.3 is 10.6 Å². The Morgan fingerprint density at radius 1 is 1.32 bits per heavy atom. The largest absolute Gasteiger partial charge is 0.351 e. The predicted octanol–water partition coefficient (Wildman–Crippen LogP) is 2.87. The van der Waals surface area contributed by atoms with Crippen molar-refractivity contribution < 1.29 is 9.18 Å². The van der Waals surface area contributed by atoms with Crippen molar-refractivity contribution in [1.82, 2.24) is 10.6 Å². The molecule has 0 radical (unpaired) electrons. The Kier molecular flexibility index (Phi) is 5.76. The van der Waals surface area contributed by atoms with Gasteiger partial charge in [-0.05, 0) is 44.5 Å². The minimum atomic E-state index is -0.352. The van der Waals surface area contributed by atoms with Crippen LogP contribution in [0.5, 0.6) is 0 Å². The summed E-state index contributed by atoms with van der Waals surface area (Å²) in [5.74, 6) is -0.355. The van der Waals surface area contributed by atoms with Gasteiger partial charge in [0.15, 0.2) is 0 Å². The molecule has 0 saturated heterocycles. The van der Waals surface area contributed by atoms with Gasteiger partial charge in [0.1, 0.15) is 5.82 Å². The van der Waals surface area contributed by atoms with Crippen LogP contribution in [0.4, 0.5) is 4.39 Å². The number of carbonyl (C=O) groups is 1. The maximum absolute atomic E-state index is 13.1. The second-order valence-electron chi connectivity index (χ2n) is 5.50. The molecule has 0 aliphatic heterocycles. The molecule has 0 saturated carbocycles. The lowest BCUT2D eigenvalue weighted by Crippen LogP contribution is -2.41. The third-order valence-electron chi connectivity index (χ3n) is 2.29. The number of benzene rings is 1. The second kappa shape index (κ2) is 6.87. The van der Waals surface area contributed by atoms with Gasteiger partial charge in [-0.15, -0.1) is 0 Å². The third kappa shape index (κ3) is 7.13. The van der Waals surface area contributed by atoms with E-state index in [1.54, 1.807) is 6.07 Å². The first kappa shape index (κ1) is 15.9. The first-order valence-electron chi connectivity index (χ1n) is 6.23. The maximum atomic E-state index is 13.1. The minimum Gasteiger partial charge on any atom is -0.351 e. The molecule has 106 valence electrons. The fourth-order valence-electron chi connectivity index (χ4n) is 1.63. The molecule has 1 amide bonds. The standard InChI is InChI=1S/C14H20ClFN2O/c1-14(2,3)18-13(19)4-5-17-9-10-6-11(15)8-12(16)7-10/h6-8,17H,4-5,9H2,1-3H3,(H,18,19). The number of carbonyl (C=O) groups excluding carboxylic acids is 1. The highest BCUT2D eigenvalue weighted by atomic mass is 35.5. The Hall–Kier alpha value is -1.13. The summed E-state index contributed by atoms with van der Waals surface area (Å²) in [5.41, 5.74) is 0.550. The van der Waals surface area contributed by atoms with Crippen LogP contribution in [0.2, 0.25) is 5.02 Å². The monoisotopic (exact) mass is 286 g/mol. The van der Waals surface area contributed by atoms with E-state index in [1.807, 2.05) is 20.8 Å². The lowest BCUT2D eigenvalue weighted by molar-refractivity contribution is -0.122. The number of hydrogen-bond acceptors (Lipinski definition) is 2. The molecule has 0 aliphatic carbocycles. The molecule has 1 rings (SSSR count). The lowest BCUT2D eigenvalue weighted by atomic mass is 10.1. The van der Waals surface area contributed by atoms with Crippen LogP contribution in [-0.4, -0.2) is 18.0 Å². The van der Waals surface area contributed by atoms with Crippen LogP contribution in [0.25, 0.3) is 0 Å². The van der Waals surface area contributed by atoms with E-state index in [4.69, 9.17) is 11.6 Å². The Morgan fingerprint density at radius 3 is 2.58 bits per heavy atom. The first-order chi connectivity index (χ1) is 8.76. The molecule has 1 aromatic carbocycles. The van der Waals surface area contributed by atoms with Crippen LogP contribution in [0, 0.1) is 5.82 Å². The average Bonchev–Trinajstić information content (AvgIpc) is 2.20. The van der Waals surface area contributed by atoms with Gasteiger partial charge in [-0.25, -0.2) is 4.39 Å². The molecule has 5 heteroatoms. The third-order valence-corrected chi connectivity index (χ3v) is 2.51.